The number of aromatic hydroxyl groups is 1. The average Bonchev–Trinajstić information content (AvgIpc) is 2.09. The van der Waals surface area contributed by atoms with Gasteiger partial charge in [-0.25, -0.2) is 0 Å². The summed E-state index contributed by atoms with van der Waals surface area (Å²) in [6.45, 7) is 1.62. The van der Waals surface area contributed by atoms with E-state index in [9.17, 15) is 9.90 Å². The van der Waals surface area contributed by atoms with Crippen molar-refractivity contribution >= 4 is 17.6 Å². The van der Waals surface area contributed by atoms with Crippen LogP contribution in [0.2, 0.25) is 5.02 Å². The van der Waals surface area contributed by atoms with Gasteiger partial charge in [0.15, 0.2) is 0 Å². The summed E-state index contributed by atoms with van der Waals surface area (Å²) in [6, 6.07) is 1.63. The first-order valence-corrected chi connectivity index (χ1v) is 4.28. The first-order valence-electron chi connectivity index (χ1n) is 3.91. The number of hydrogen-bond acceptors (Lipinski definition) is 3. The van der Waals surface area contributed by atoms with E-state index in [4.69, 9.17) is 22.4 Å². The molecule has 0 radical (unpaired) electrons. The lowest BCUT2D eigenvalue weighted by Gasteiger charge is -2.11. The molecule has 0 aliphatic carbocycles. The highest BCUT2D eigenvalue weighted by Crippen LogP contribution is 2.30. The van der Waals surface area contributed by atoms with Gasteiger partial charge in [-0.2, -0.15) is 0 Å². The van der Waals surface area contributed by atoms with Gasteiger partial charge in [-0.1, -0.05) is 11.6 Å². The Morgan fingerprint density at radius 2 is 2.14 bits per heavy atom. The van der Waals surface area contributed by atoms with Crippen LogP contribution in [0, 0.1) is 6.92 Å². The van der Waals surface area contributed by atoms with E-state index in [2.05, 4.69) is 0 Å². The third-order valence-corrected chi connectivity index (χ3v) is 2.11. The Morgan fingerprint density at radius 1 is 1.57 bits per heavy atom. The minimum absolute atomic E-state index is 0.121. The van der Waals surface area contributed by atoms with E-state index < -0.39 is 12.0 Å². The highest BCUT2D eigenvalue weighted by molar-refractivity contribution is 6.30. The standard InChI is InChI=1S/C9H10ClNO3/c1-4-2-5(10)3-6(8(4)12)7(11)9(13)14/h2-3,7,12H,11H2,1H3,(H,13,14)/t7-/m0/s1. The fourth-order valence-electron chi connectivity index (χ4n) is 1.13. The number of aryl methyl sites for hydroxylation is 1. The Morgan fingerprint density at radius 3 is 2.64 bits per heavy atom. The highest BCUT2D eigenvalue weighted by atomic mass is 35.5. The second-order valence-corrected chi connectivity index (χ2v) is 3.41. The van der Waals surface area contributed by atoms with Gasteiger partial charge < -0.3 is 15.9 Å². The maximum Gasteiger partial charge on any atom is 0.325 e. The van der Waals surface area contributed by atoms with Crippen molar-refractivity contribution in [2.75, 3.05) is 0 Å². The maximum absolute atomic E-state index is 10.6. The summed E-state index contributed by atoms with van der Waals surface area (Å²) in [5.41, 5.74) is 5.99. The van der Waals surface area contributed by atoms with Gasteiger partial charge in [0.2, 0.25) is 0 Å². The first kappa shape index (κ1) is 10.8. The minimum Gasteiger partial charge on any atom is -0.507 e. The van der Waals surface area contributed by atoms with Crippen LogP contribution in [0.15, 0.2) is 12.1 Å². The first-order chi connectivity index (χ1) is 6.43. The SMILES string of the molecule is Cc1cc(Cl)cc([C@H](N)C(=O)O)c1O. The molecule has 0 aliphatic heterocycles. The van der Waals surface area contributed by atoms with Gasteiger partial charge in [0.1, 0.15) is 11.8 Å². The molecule has 1 rings (SSSR count). The molecule has 0 unspecified atom stereocenters. The van der Waals surface area contributed by atoms with Crippen LogP contribution in [0.1, 0.15) is 17.2 Å². The van der Waals surface area contributed by atoms with Crippen molar-refractivity contribution in [3.8, 4) is 5.75 Å². The Balaban J connectivity index is 3.26. The molecule has 5 heteroatoms. The largest absolute Gasteiger partial charge is 0.507 e. The zero-order chi connectivity index (χ0) is 10.9. The monoisotopic (exact) mass is 215 g/mol. The molecule has 4 N–H and O–H groups in total. The number of carboxylic acid groups (broad SMARTS) is 1. The minimum atomic E-state index is -1.26. The van der Waals surface area contributed by atoms with E-state index in [1.165, 1.54) is 12.1 Å². The zero-order valence-electron chi connectivity index (χ0n) is 7.49. The molecule has 0 fully saturated rings. The van der Waals surface area contributed by atoms with Crippen molar-refractivity contribution in [2.45, 2.75) is 13.0 Å². The average molecular weight is 216 g/mol. The number of halogens is 1. The Labute approximate surface area is 85.9 Å². The van der Waals surface area contributed by atoms with Crippen LogP contribution < -0.4 is 5.73 Å². The molecule has 0 aliphatic rings. The molecule has 0 heterocycles. The summed E-state index contributed by atoms with van der Waals surface area (Å²) >= 11 is 5.71. The van der Waals surface area contributed by atoms with E-state index in [0.717, 1.165) is 0 Å². The fourth-order valence-corrected chi connectivity index (χ4v) is 1.41. The summed E-state index contributed by atoms with van der Waals surface area (Å²) in [7, 11) is 0. The maximum atomic E-state index is 10.6. The quantitative estimate of drug-likeness (QED) is 0.697. The fraction of sp³-hybridized carbons (Fsp3) is 0.222. The number of aliphatic carboxylic acids is 1. The molecule has 0 saturated carbocycles. The lowest BCUT2D eigenvalue weighted by molar-refractivity contribution is -0.138. The normalized spacial score (nSPS) is 12.5. The molecule has 0 amide bonds. The Kier molecular flexibility index (Phi) is 2.98. The number of carbonyl (C=O) groups is 1. The molecule has 0 bridgehead atoms. The van der Waals surface area contributed by atoms with Gasteiger partial charge in [-0.15, -0.1) is 0 Å². The van der Waals surface area contributed by atoms with Gasteiger partial charge in [-0.05, 0) is 24.6 Å². The molecule has 4 nitrogen and oxygen atoms in total. The highest BCUT2D eigenvalue weighted by Gasteiger charge is 2.19. The number of nitrogens with two attached hydrogens (primary N) is 1. The second-order valence-electron chi connectivity index (χ2n) is 2.98. The van der Waals surface area contributed by atoms with Crippen molar-refractivity contribution < 1.29 is 15.0 Å². The van der Waals surface area contributed by atoms with Gasteiger partial charge in [0.05, 0.1) is 0 Å². The molecule has 0 saturated heterocycles. The summed E-state index contributed by atoms with van der Waals surface area (Å²) in [6.07, 6.45) is 0. The number of phenolic OH excluding ortho intramolecular Hbond substituents is 1. The van der Waals surface area contributed by atoms with Gasteiger partial charge >= 0.3 is 5.97 Å². The van der Waals surface area contributed by atoms with Crippen LogP contribution in [0.5, 0.6) is 5.75 Å². The summed E-state index contributed by atoms with van der Waals surface area (Å²) in [5.74, 6) is -1.33. The number of phenols is 1. The molecule has 1 aromatic carbocycles. The summed E-state index contributed by atoms with van der Waals surface area (Å²) in [5, 5.41) is 18.6. The second kappa shape index (κ2) is 3.86. The summed E-state index contributed by atoms with van der Waals surface area (Å²) < 4.78 is 0. The van der Waals surface area contributed by atoms with Gasteiger partial charge in [0, 0.05) is 10.6 Å². The zero-order valence-corrected chi connectivity index (χ0v) is 8.25. The van der Waals surface area contributed by atoms with E-state index in [-0.39, 0.29) is 11.3 Å². The third kappa shape index (κ3) is 1.97. The van der Waals surface area contributed by atoms with Gasteiger partial charge in [-0.3, -0.25) is 4.79 Å². The third-order valence-electron chi connectivity index (χ3n) is 1.90. The molecular formula is C9H10ClNO3. The Hall–Kier alpha value is -1.26. The van der Waals surface area contributed by atoms with Crippen molar-refractivity contribution in [1.29, 1.82) is 0 Å². The molecule has 0 aromatic heterocycles. The van der Waals surface area contributed by atoms with Crippen LogP contribution in [0.3, 0.4) is 0 Å². The van der Waals surface area contributed by atoms with Crippen LogP contribution in [-0.2, 0) is 4.79 Å². The molecular weight excluding hydrogens is 206 g/mol. The smallest absolute Gasteiger partial charge is 0.325 e. The van der Waals surface area contributed by atoms with E-state index in [0.29, 0.717) is 10.6 Å². The number of benzene rings is 1. The van der Waals surface area contributed by atoms with Crippen LogP contribution in [0.4, 0.5) is 0 Å². The molecule has 0 spiro atoms. The van der Waals surface area contributed by atoms with Crippen molar-refractivity contribution in [3.05, 3.63) is 28.3 Å². The number of hydrogen-bond donors (Lipinski definition) is 3. The van der Waals surface area contributed by atoms with Gasteiger partial charge in [0.25, 0.3) is 0 Å². The van der Waals surface area contributed by atoms with Crippen molar-refractivity contribution in [3.63, 3.8) is 0 Å². The van der Waals surface area contributed by atoms with Crippen molar-refractivity contribution in [2.24, 2.45) is 5.73 Å². The molecule has 1 aromatic rings. The molecule has 76 valence electrons. The lowest BCUT2D eigenvalue weighted by atomic mass is 10.0. The number of rotatable bonds is 2. The van der Waals surface area contributed by atoms with E-state index >= 15 is 0 Å². The predicted molar refractivity (Wildman–Crippen MR) is 52.4 cm³/mol. The predicted octanol–water partition coefficient (Wildman–Crippen LogP) is 1.44. The molecule has 14 heavy (non-hydrogen) atoms. The van der Waals surface area contributed by atoms with Crippen LogP contribution in [-0.4, -0.2) is 16.2 Å². The lowest BCUT2D eigenvalue weighted by Crippen LogP contribution is -2.20. The van der Waals surface area contributed by atoms with Crippen molar-refractivity contribution in [1.82, 2.24) is 0 Å². The summed E-state index contributed by atoms with van der Waals surface area (Å²) in [4.78, 5) is 10.6. The van der Waals surface area contributed by atoms with Crippen LogP contribution >= 0.6 is 11.6 Å². The number of carboxylic acids is 1. The van der Waals surface area contributed by atoms with E-state index in [1.54, 1.807) is 6.92 Å². The Bertz CT molecular complexity index is 379. The van der Waals surface area contributed by atoms with E-state index in [1.807, 2.05) is 0 Å². The topological polar surface area (TPSA) is 83.6 Å². The molecule has 1 atom stereocenters. The van der Waals surface area contributed by atoms with Crippen LogP contribution in [0.25, 0.3) is 0 Å².